The third kappa shape index (κ3) is 2.97. The second-order valence-corrected chi connectivity index (χ2v) is 3.90. The van der Waals surface area contributed by atoms with Gasteiger partial charge in [-0.2, -0.15) is 0 Å². The van der Waals surface area contributed by atoms with Gasteiger partial charge in [-0.15, -0.1) is 0 Å². The molecule has 0 unspecified atom stereocenters. The van der Waals surface area contributed by atoms with E-state index in [9.17, 15) is 4.79 Å². The summed E-state index contributed by atoms with van der Waals surface area (Å²) in [5.74, 6) is 0.573. The maximum atomic E-state index is 11.8. The van der Waals surface area contributed by atoms with Crippen molar-refractivity contribution in [1.82, 2.24) is 0 Å². The van der Waals surface area contributed by atoms with Crippen molar-refractivity contribution in [2.45, 2.75) is 19.4 Å². The molecular formula is C12H17NO3. The van der Waals surface area contributed by atoms with Gasteiger partial charge in [0.15, 0.2) is 0 Å². The first kappa shape index (κ1) is 12.5. The Morgan fingerprint density at radius 1 is 1.19 bits per heavy atom. The van der Waals surface area contributed by atoms with E-state index in [0.29, 0.717) is 0 Å². The standard InChI is InChI=1S/C12H17NO3/c1-12(2,16-4)11(14)13-9-5-7-10(15-3)8-6-9/h5-8H,1-4H3,(H,13,14). The second kappa shape index (κ2) is 4.99. The smallest absolute Gasteiger partial charge is 0.256 e. The number of rotatable bonds is 4. The fourth-order valence-electron chi connectivity index (χ4n) is 1.05. The van der Waals surface area contributed by atoms with E-state index in [1.807, 2.05) is 0 Å². The molecule has 4 heteroatoms. The zero-order chi connectivity index (χ0) is 12.2. The van der Waals surface area contributed by atoms with Crippen molar-refractivity contribution in [3.05, 3.63) is 24.3 Å². The van der Waals surface area contributed by atoms with E-state index in [1.165, 1.54) is 7.11 Å². The summed E-state index contributed by atoms with van der Waals surface area (Å²) in [7, 11) is 3.11. The molecule has 0 radical (unpaired) electrons. The van der Waals surface area contributed by atoms with Crippen LogP contribution < -0.4 is 10.1 Å². The van der Waals surface area contributed by atoms with E-state index in [-0.39, 0.29) is 5.91 Å². The van der Waals surface area contributed by atoms with E-state index >= 15 is 0 Å². The monoisotopic (exact) mass is 223 g/mol. The molecule has 16 heavy (non-hydrogen) atoms. The topological polar surface area (TPSA) is 47.6 Å². The molecule has 0 atom stereocenters. The molecule has 0 saturated heterocycles. The van der Waals surface area contributed by atoms with Gasteiger partial charge in [0, 0.05) is 12.8 Å². The molecule has 0 aromatic heterocycles. The molecule has 88 valence electrons. The zero-order valence-electron chi connectivity index (χ0n) is 10.0. The van der Waals surface area contributed by atoms with Crippen LogP contribution in [0.4, 0.5) is 5.69 Å². The maximum Gasteiger partial charge on any atom is 0.256 e. The van der Waals surface area contributed by atoms with E-state index in [2.05, 4.69) is 5.32 Å². The van der Waals surface area contributed by atoms with Gasteiger partial charge in [-0.25, -0.2) is 0 Å². The number of ether oxygens (including phenoxy) is 2. The van der Waals surface area contributed by atoms with Gasteiger partial charge in [-0.3, -0.25) is 4.79 Å². The lowest BCUT2D eigenvalue weighted by Gasteiger charge is -2.21. The Kier molecular flexibility index (Phi) is 3.90. The Balaban J connectivity index is 2.70. The summed E-state index contributed by atoms with van der Waals surface area (Å²) >= 11 is 0. The lowest BCUT2D eigenvalue weighted by atomic mass is 10.1. The number of hydrogen-bond acceptors (Lipinski definition) is 3. The fraction of sp³-hybridized carbons (Fsp3) is 0.417. The third-order valence-corrected chi connectivity index (χ3v) is 2.41. The van der Waals surface area contributed by atoms with Crippen LogP contribution in [-0.2, 0) is 9.53 Å². The minimum absolute atomic E-state index is 0.180. The normalized spacial score (nSPS) is 11.0. The Morgan fingerprint density at radius 3 is 2.19 bits per heavy atom. The Hall–Kier alpha value is -1.55. The number of methoxy groups -OCH3 is 2. The summed E-state index contributed by atoms with van der Waals surface area (Å²) in [4.78, 5) is 11.8. The molecule has 0 aliphatic carbocycles. The van der Waals surface area contributed by atoms with Gasteiger partial charge in [0.2, 0.25) is 0 Å². The highest BCUT2D eigenvalue weighted by atomic mass is 16.5. The lowest BCUT2D eigenvalue weighted by molar-refractivity contribution is -0.133. The van der Waals surface area contributed by atoms with Crippen molar-refractivity contribution < 1.29 is 14.3 Å². The first-order valence-electron chi connectivity index (χ1n) is 5.00. The van der Waals surface area contributed by atoms with Crippen molar-refractivity contribution in [2.24, 2.45) is 0 Å². The first-order valence-corrected chi connectivity index (χ1v) is 5.00. The highest BCUT2D eigenvalue weighted by molar-refractivity contribution is 5.96. The van der Waals surface area contributed by atoms with E-state index < -0.39 is 5.60 Å². The van der Waals surface area contributed by atoms with Gasteiger partial charge in [0.1, 0.15) is 11.4 Å². The van der Waals surface area contributed by atoms with Crippen LogP contribution in [0, 0.1) is 0 Å². The Morgan fingerprint density at radius 2 is 1.75 bits per heavy atom. The summed E-state index contributed by atoms with van der Waals surface area (Å²) < 4.78 is 10.1. The quantitative estimate of drug-likeness (QED) is 0.849. The van der Waals surface area contributed by atoms with Gasteiger partial charge in [-0.1, -0.05) is 0 Å². The summed E-state index contributed by atoms with van der Waals surface area (Å²) in [6, 6.07) is 7.13. The van der Waals surface area contributed by atoms with Gasteiger partial charge in [0.05, 0.1) is 7.11 Å². The largest absolute Gasteiger partial charge is 0.497 e. The summed E-state index contributed by atoms with van der Waals surface area (Å²) in [6.45, 7) is 3.43. The lowest BCUT2D eigenvalue weighted by Crippen LogP contribution is -2.38. The molecule has 0 heterocycles. The van der Waals surface area contributed by atoms with Crippen LogP contribution in [0.1, 0.15) is 13.8 Å². The molecule has 0 saturated carbocycles. The molecule has 1 aromatic rings. The second-order valence-electron chi connectivity index (χ2n) is 3.90. The average molecular weight is 223 g/mol. The Labute approximate surface area is 95.6 Å². The van der Waals surface area contributed by atoms with Gasteiger partial charge < -0.3 is 14.8 Å². The van der Waals surface area contributed by atoms with Crippen LogP contribution in [0.25, 0.3) is 0 Å². The molecule has 0 aliphatic heterocycles. The van der Waals surface area contributed by atoms with Crippen molar-refractivity contribution in [3.8, 4) is 5.75 Å². The number of amides is 1. The molecule has 1 rings (SSSR count). The highest BCUT2D eigenvalue weighted by Crippen LogP contribution is 2.17. The number of carbonyl (C=O) groups is 1. The van der Waals surface area contributed by atoms with E-state index in [4.69, 9.17) is 9.47 Å². The molecule has 0 aliphatic rings. The van der Waals surface area contributed by atoms with Gasteiger partial charge >= 0.3 is 0 Å². The highest BCUT2D eigenvalue weighted by Gasteiger charge is 2.26. The van der Waals surface area contributed by atoms with E-state index in [1.54, 1.807) is 45.2 Å². The third-order valence-electron chi connectivity index (χ3n) is 2.41. The molecule has 0 spiro atoms. The van der Waals surface area contributed by atoms with Gasteiger partial charge in [0.25, 0.3) is 5.91 Å². The van der Waals surface area contributed by atoms with Crippen molar-refractivity contribution in [3.63, 3.8) is 0 Å². The SMILES string of the molecule is COc1ccc(NC(=O)C(C)(C)OC)cc1. The van der Waals surface area contributed by atoms with Crippen LogP contribution in [0.5, 0.6) is 5.75 Å². The predicted molar refractivity (Wildman–Crippen MR) is 62.7 cm³/mol. The minimum Gasteiger partial charge on any atom is -0.497 e. The molecule has 1 aromatic carbocycles. The van der Waals surface area contributed by atoms with Crippen molar-refractivity contribution in [2.75, 3.05) is 19.5 Å². The van der Waals surface area contributed by atoms with E-state index in [0.717, 1.165) is 11.4 Å². The summed E-state index contributed by atoms with van der Waals surface area (Å²) in [5.41, 5.74) is -0.115. The molecule has 1 amide bonds. The number of nitrogens with one attached hydrogen (secondary N) is 1. The molecule has 1 N–H and O–H groups in total. The number of hydrogen-bond donors (Lipinski definition) is 1. The fourth-order valence-corrected chi connectivity index (χ4v) is 1.05. The minimum atomic E-state index is -0.833. The van der Waals surface area contributed by atoms with Crippen LogP contribution in [0.3, 0.4) is 0 Å². The van der Waals surface area contributed by atoms with Gasteiger partial charge in [-0.05, 0) is 38.1 Å². The first-order chi connectivity index (χ1) is 7.49. The summed E-state index contributed by atoms with van der Waals surface area (Å²) in [6.07, 6.45) is 0. The molecule has 0 bridgehead atoms. The average Bonchev–Trinajstić information content (AvgIpc) is 2.30. The van der Waals surface area contributed by atoms with Crippen molar-refractivity contribution >= 4 is 11.6 Å². The van der Waals surface area contributed by atoms with Crippen LogP contribution >= 0.6 is 0 Å². The molecular weight excluding hydrogens is 206 g/mol. The predicted octanol–water partition coefficient (Wildman–Crippen LogP) is 2.06. The zero-order valence-corrected chi connectivity index (χ0v) is 10.0. The van der Waals surface area contributed by atoms with Crippen molar-refractivity contribution in [1.29, 1.82) is 0 Å². The number of carbonyl (C=O) groups excluding carboxylic acids is 1. The van der Waals surface area contributed by atoms with Crippen LogP contribution in [0.2, 0.25) is 0 Å². The molecule has 0 fully saturated rings. The maximum absolute atomic E-state index is 11.8. The Bertz CT molecular complexity index is 357. The molecule has 4 nitrogen and oxygen atoms in total. The number of anilines is 1. The summed E-state index contributed by atoms with van der Waals surface area (Å²) in [5, 5.41) is 2.76. The number of benzene rings is 1. The van der Waals surface area contributed by atoms with Crippen LogP contribution in [-0.4, -0.2) is 25.7 Å². The van der Waals surface area contributed by atoms with Crippen LogP contribution in [0.15, 0.2) is 24.3 Å².